The van der Waals surface area contributed by atoms with E-state index < -0.39 is 18.0 Å². The second-order valence-electron chi connectivity index (χ2n) is 4.93. The van der Waals surface area contributed by atoms with Crippen molar-refractivity contribution in [3.8, 4) is 6.07 Å². The quantitative estimate of drug-likeness (QED) is 0.655. The molecule has 6 nitrogen and oxygen atoms in total. The lowest BCUT2D eigenvalue weighted by atomic mass is 10.2. The van der Waals surface area contributed by atoms with E-state index in [1.807, 2.05) is 6.07 Å². The second-order valence-corrected chi connectivity index (χ2v) is 5.34. The summed E-state index contributed by atoms with van der Waals surface area (Å²) in [5.74, 6) is -1.25. The number of amides is 1. The fraction of sp³-hybridized carbons (Fsp3) is 0.118. The van der Waals surface area contributed by atoms with Crippen molar-refractivity contribution in [1.82, 2.24) is 0 Å². The summed E-state index contributed by atoms with van der Waals surface area (Å²) >= 11 is 5.79. The number of nitrogen functional groups attached to an aromatic ring is 1. The number of carbonyl (C=O) groups is 2. The Balaban J connectivity index is 2.04. The molecule has 0 bridgehead atoms. The van der Waals surface area contributed by atoms with Crippen molar-refractivity contribution in [2.24, 2.45) is 0 Å². The maximum atomic E-state index is 12.1. The zero-order chi connectivity index (χ0) is 17.7. The van der Waals surface area contributed by atoms with Gasteiger partial charge in [-0.1, -0.05) is 23.7 Å². The van der Waals surface area contributed by atoms with Gasteiger partial charge in [0.25, 0.3) is 5.91 Å². The topological polar surface area (TPSA) is 105 Å². The molecule has 0 aliphatic heterocycles. The minimum absolute atomic E-state index is 0.189. The van der Waals surface area contributed by atoms with Crippen LogP contribution in [0.15, 0.2) is 42.5 Å². The molecule has 122 valence electrons. The molecule has 0 saturated heterocycles. The van der Waals surface area contributed by atoms with E-state index in [4.69, 9.17) is 27.3 Å². The molecule has 0 unspecified atom stereocenters. The van der Waals surface area contributed by atoms with Crippen molar-refractivity contribution < 1.29 is 14.3 Å². The fourth-order valence-corrected chi connectivity index (χ4v) is 1.99. The second kappa shape index (κ2) is 7.49. The summed E-state index contributed by atoms with van der Waals surface area (Å²) in [5, 5.41) is 11.9. The molecule has 2 rings (SSSR count). The molecule has 0 heterocycles. The molecule has 0 aromatic heterocycles. The van der Waals surface area contributed by atoms with Crippen molar-refractivity contribution in [1.29, 1.82) is 5.26 Å². The predicted molar refractivity (Wildman–Crippen MR) is 90.5 cm³/mol. The largest absolute Gasteiger partial charge is 0.449 e. The first-order valence-electron chi connectivity index (χ1n) is 6.98. The standard InChI is InChI=1S/C17H14ClN3O3/c1-10(16(22)21-15-5-3-2-4-12(15)9-19)24-17(23)11-6-7-13(18)14(20)8-11/h2-8,10H,20H2,1H3,(H,21,22)/t10-/m0/s1. The van der Waals surface area contributed by atoms with Gasteiger partial charge in [-0.25, -0.2) is 4.79 Å². The van der Waals surface area contributed by atoms with Crippen LogP contribution in [0.5, 0.6) is 0 Å². The van der Waals surface area contributed by atoms with Crippen LogP contribution in [0.4, 0.5) is 11.4 Å². The number of nitrogens with zero attached hydrogens (tertiary/aromatic N) is 1. The van der Waals surface area contributed by atoms with E-state index in [9.17, 15) is 9.59 Å². The minimum atomic E-state index is -1.05. The Morgan fingerprint density at radius 2 is 2.00 bits per heavy atom. The Labute approximate surface area is 143 Å². The number of esters is 1. The van der Waals surface area contributed by atoms with Crippen LogP contribution in [0.3, 0.4) is 0 Å². The van der Waals surface area contributed by atoms with Crippen LogP contribution >= 0.6 is 11.6 Å². The Hall–Kier alpha value is -3.04. The van der Waals surface area contributed by atoms with Crippen molar-refractivity contribution >= 4 is 34.9 Å². The normalized spacial score (nSPS) is 11.2. The van der Waals surface area contributed by atoms with Gasteiger partial charge in [0.15, 0.2) is 6.10 Å². The number of rotatable bonds is 4. The van der Waals surface area contributed by atoms with Crippen LogP contribution in [-0.4, -0.2) is 18.0 Å². The van der Waals surface area contributed by atoms with Gasteiger partial charge in [-0.3, -0.25) is 4.79 Å². The third-order valence-electron chi connectivity index (χ3n) is 3.19. The van der Waals surface area contributed by atoms with E-state index in [-0.39, 0.29) is 11.3 Å². The molecule has 0 spiro atoms. The maximum absolute atomic E-state index is 12.1. The molecule has 1 amide bonds. The lowest BCUT2D eigenvalue weighted by Gasteiger charge is -2.14. The number of hydrogen-bond acceptors (Lipinski definition) is 5. The van der Waals surface area contributed by atoms with E-state index in [1.54, 1.807) is 24.3 Å². The number of nitrogens with two attached hydrogens (primary N) is 1. The first kappa shape index (κ1) is 17.3. The van der Waals surface area contributed by atoms with E-state index >= 15 is 0 Å². The summed E-state index contributed by atoms with van der Waals surface area (Å²) in [5.41, 5.74) is 6.73. The molecule has 2 aromatic carbocycles. The summed E-state index contributed by atoms with van der Waals surface area (Å²) in [6, 6.07) is 12.8. The van der Waals surface area contributed by atoms with Crippen LogP contribution in [0.1, 0.15) is 22.8 Å². The molecule has 0 saturated carbocycles. The highest BCUT2D eigenvalue weighted by Gasteiger charge is 2.20. The highest BCUT2D eigenvalue weighted by Crippen LogP contribution is 2.20. The van der Waals surface area contributed by atoms with Crippen LogP contribution in [-0.2, 0) is 9.53 Å². The average molecular weight is 344 g/mol. The third-order valence-corrected chi connectivity index (χ3v) is 3.53. The number of carbonyl (C=O) groups excluding carboxylic acids is 2. The molecule has 3 N–H and O–H groups in total. The van der Waals surface area contributed by atoms with Crippen molar-refractivity contribution in [2.75, 3.05) is 11.1 Å². The zero-order valence-electron chi connectivity index (χ0n) is 12.7. The summed E-state index contributed by atoms with van der Waals surface area (Å²) in [7, 11) is 0. The molecule has 24 heavy (non-hydrogen) atoms. The Morgan fingerprint density at radius 1 is 1.29 bits per heavy atom. The summed E-state index contributed by atoms with van der Waals surface area (Å²) < 4.78 is 5.11. The van der Waals surface area contributed by atoms with E-state index in [2.05, 4.69) is 5.32 Å². The fourth-order valence-electron chi connectivity index (χ4n) is 1.88. The minimum Gasteiger partial charge on any atom is -0.449 e. The van der Waals surface area contributed by atoms with Crippen LogP contribution < -0.4 is 11.1 Å². The number of nitriles is 1. The van der Waals surface area contributed by atoms with Gasteiger partial charge in [0, 0.05) is 0 Å². The molecule has 7 heteroatoms. The Kier molecular flexibility index (Phi) is 5.40. The molecule has 0 aliphatic carbocycles. The zero-order valence-corrected chi connectivity index (χ0v) is 13.5. The number of ether oxygens (including phenoxy) is 1. The van der Waals surface area contributed by atoms with Crippen molar-refractivity contribution in [2.45, 2.75) is 13.0 Å². The molecular formula is C17H14ClN3O3. The van der Waals surface area contributed by atoms with Gasteiger partial charge in [-0.2, -0.15) is 5.26 Å². The van der Waals surface area contributed by atoms with Crippen LogP contribution in [0.25, 0.3) is 0 Å². The van der Waals surface area contributed by atoms with Gasteiger partial charge >= 0.3 is 5.97 Å². The van der Waals surface area contributed by atoms with Gasteiger partial charge in [0.05, 0.1) is 27.5 Å². The van der Waals surface area contributed by atoms with Crippen LogP contribution in [0.2, 0.25) is 5.02 Å². The van der Waals surface area contributed by atoms with E-state index in [0.29, 0.717) is 16.3 Å². The molecule has 0 fully saturated rings. The Morgan fingerprint density at radius 3 is 2.67 bits per heavy atom. The number of nitrogens with one attached hydrogen (secondary N) is 1. The highest BCUT2D eigenvalue weighted by molar-refractivity contribution is 6.33. The number of anilines is 2. The van der Waals surface area contributed by atoms with Gasteiger partial charge in [-0.05, 0) is 37.3 Å². The molecular weight excluding hydrogens is 330 g/mol. The molecule has 2 aromatic rings. The Bertz CT molecular complexity index is 830. The van der Waals surface area contributed by atoms with Gasteiger partial charge in [0.2, 0.25) is 0 Å². The van der Waals surface area contributed by atoms with E-state index in [1.165, 1.54) is 25.1 Å². The first-order chi connectivity index (χ1) is 11.4. The monoisotopic (exact) mass is 343 g/mol. The SMILES string of the molecule is C[C@H](OC(=O)c1ccc(Cl)c(N)c1)C(=O)Nc1ccccc1C#N. The third kappa shape index (κ3) is 4.03. The highest BCUT2D eigenvalue weighted by atomic mass is 35.5. The number of halogens is 1. The predicted octanol–water partition coefficient (Wildman–Crippen LogP) is 2.98. The summed E-state index contributed by atoms with van der Waals surface area (Å²) in [4.78, 5) is 24.2. The average Bonchev–Trinajstić information content (AvgIpc) is 2.57. The van der Waals surface area contributed by atoms with Crippen molar-refractivity contribution in [3.05, 3.63) is 58.6 Å². The van der Waals surface area contributed by atoms with Crippen LogP contribution in [0, 0.1) is 11.3 Å². The summed E-state index contributed by atoms with van der Waals surface area (Å²) in [6.45, 7) is 1.43. The van der Waals surface area contributed by atoms with Gasteiger partial charge in [0.1, 0.15) is 6.07 Å². The maximum Gasteiger partial charge on any atom is 0.338 e. The number of hydrogen-bond donors (Lipinski definition) is 2. The molecule has 0 radical (unpaired) electrons. The van der Waals surface area contributed by atoms with Crippen molar-refractivity contribution in [3.63, 3.8) is 0 Å². The smallest absolute Gasteiger partial charge is 0.338 e. The first-order valence-corrected chi connectivity index (χ1v) is 7.36. The molecule has 0 aliphatic rings. The lowest BCUT2D eigenvalue weighted by molar-refractivity contribution is -0.123. The summed E-state index contributed by atoms with van der Waals surface area (Å²) in [6.07, 6.45) is -1.05. The number of benzene rings is 2. The van der Waals surface area contributed by atoms with Gasteiger partial charge in [-0.15, -0.1) is 0 Å². The lowest BCUT2D eigenvalue weighted by Crippen LogP contribution is -2.30. The molecule has 1 atom stereocenters. The number of para-hydroxylation sites is 1. The van der Waals surface area contributed by atoms with Gasteiger partial charge < -0.3 is 15.8 Å². The van der Waals surface area contributed by atoms with E-state index in [0.717, 1.165) is 0 Å².